The molecule has 3 aromatic rings. The van der Waals surface area contributed by atoms with E-state index in [1.54, 1.807) is 19.9 Å². The van der Waals surface area contributed by atoms with Crippen molar-refractivity contribution in [3.8, 4) is 22.8 Å². The number of halogens is 3. The quantitative estimate of drug-likeness (QED) is 0.585. The minimum atomic E-state index is -3.05. The van der Waals surface area contributed by atoms with Gasteiger partial charge in [0.15, 0.2) is 17.3 Å². The first kappa shape index (κ1) is 23.2. The van der Waals surface area contributed by atoms with Crippen LogP contribution in [0.1, 0.15) is 19.4 Å². The molecule has 0 fully saturated rings. The van der Waals surface area contributed by atoms with Crippen molar-refractivity contribution in [1.29, 1.82) is 0 Å². The van der Waals surface area contributed by atoms with Crippen molar-refractivity contribution in [2.24, 2.45) is 15.1 Å². The first-order valence-corrected chi connectivity index (χ1v) is 11.9. The molecule has 2 N–H and O–H groups in total. The Kier molecular flexibility index (Phi) is 5.73. The number of alkyl halides is 1. The van der Waals surface area contributed by atoms with Crippen molar-refractivity contribution in [2.75, 3.05) is 19.5 Å². The van der Waals surface area contributed by atoms with E-state index in [-0.39, 0.29) is 28.7 Å². The predicted molar refractivity (Wildman–Crippen MR) is 123 cm³/mol. The van der Waals surface area contributed by atoms with Crippen LogP contribution in [0.4, 0.5) is 8.78 Å². The Hall–Kier alpha value is -2.92. The maximum absolute atomic E-state index is 15.0. The van der Waals surface area contributed by atoms with Crippen molar-refractivity contribution < 1.29 is 17.5 Å². The zero-order chi connectivity index (χ0) is 24.0. The highest BCUT2D eigenvalue weighted by Crippen LogP contribution is 2.41. The summed E-state index contributed by atoms with van der Waals surface area (Å²) in [5.41, 5.74) is 4.95. The third-order valence-corrected chi connectivity index (χ3v) is 9.27. The zero-order valence-corrected chi connectivity index (χ0v) is 19.6. The minimum Gasteiger partial charge on any atom is -0.386 e. The second-order valence-electron chi connectivity index (χ2n) is 8.14. The van der Waals surface area contributed by atoms with Gasteiger partial charge in [0, 0.05) is 36.6 Å². The van der Waals surface area contributed by atoms with Gasteiger partial charge >= 0.3 is 0 Å². The fourth-order valence-electron chi connectivity index (χ4n) is 3.63. The van der Waals surface area contributed by atoms with E-state index < -0.39 is 32.5 Å². The molecule has 0 saturated heterocycles. The molecule has 8 nitrogen and oxygen atoms in total. The summed E-state index contributed by atoms with van der Waals surface area (Å²) in [5, 5.41) is 4.31. The van der Waals surface area contributed by atoms with Gasteiger partial charge in [0.05, 0.1) is 20.5 Å². The van der Waals surface area contributed by atoms with Gasteiger partial charge in [-0.3, -0.25) is 4.99 Å². The topological polar surface area (TPSA) is 120 Å². The standard InChI is InChI=1S/C21H21ClF2N6O2S/c1-20(2)19(25)29-21(10-23,11-33(20,31)26-3)14-6-12(4-5-15(14)24)17-7-16(30-32-17)18-27-8-13(22)9-28-18/h4-9H,10-11H2,1-3H3,(H2,25,29)/t21-,33-/m0/s1. The van der Waals surface area contributed by atoms with Crippen LogP contribution in [0.3, 0.4) is 0 Å². The third kappa shape index (κ3) is 3.78. The van der Waals surface area contributed by atoms with E-state index in [0.717, 1.165) is 0 Å². The summed E-state index contributed by atoms with van der Waals surface area (Å²) in [7, 11) is -1.67. The van der Waals surface area contributed by atoms with Crippen molar-refractivity contribution in [3.63, 3.8) is 0 Å². The van der Waals surface area contributed by atoms with Crippen LogP contribution in [0, 0.1) is 5.82 Å². The summed E-state index contributed by atoms with van der Waals surface area (Å²) in [5.74, 6) is -0.526. The lowest BCUT2D eigenvalue weighted by Gasteiger charge is -2.41. The Morgan fingerprint density at radius 1 is 1.27 bits per heavy atom. The van der Waals surface area contributed by atoms with Gasteiger partial charge in [-0.2, -0.15) is 0 Å². The molecule has 12 heteroatoms. The van der Waals surface area contributed by atoms with E-state index in [4.69, 9.17) is 21.9 Å². The monoisotopic (exact) mass is 494 g/mol. The highest BCUT2D eigenvalue weighted by Gasteiger charge is 2.50. The molecule has 0 radical (unpaired) electrons. The van der Waals surface area contributed by atoms with Crippen LogP contribution in [-0.2, 0) is 15.3 Å². The largest absolute Gasteiger partial charge is 0.386 e. The highest BCUT2D eigenvalue weighted by molar-refractivity contribution is 7.95. The van der Waals surface area contributed by atoms with Gasteiger partial charge in [0.1, 0.15) is 28.6 Å². The lowest BCUT2D eigenvalue weighted by Crippen LogP contribution is -2.56. The zero-order valence-electron chi connectivity index (χ0n) is 18.1. The lowest BCUT2D eigenvalue weighted by atomic mass is 9.90. The van der Waals surface area contributed by atoms with Crippen molar-refractivity contribution in [1.82, 2.24) is 15.1 Å². The van der Waals surface area contributed by atoms with E-state index in [1.807, 2.05) is 0 Å². The normalized spacial score (nSPS) is 24.4. The number of amidine groups is 1. The molecule has 0 spiro atoms. The Labute approximate surface area is 194 Å². The van der Waals surface area contributed by atoms with Gasteiger partial charge in [-0.05, 0) is 32.0 Å². The maximum Gasteiger partial charge on any atom is 0.181 e. The molecule has 0 bridgehead atoms. The molecular formula is C21H21ClF2N6O2S. The van der Waals surface area contributed by atoms with Gasteiger partial charge in [-0.1, -0.05) is 16.8 Å². The van der Waals surface area contributed by atoms with Crippen LogP contribution in [-0.4, -0.2) is 49.4 Å². The summed E-state index contributed by atoms with van der Waals surface area (Å²) in [4.78, 5) is 12.5. The van der Waals surface area contributed by atoms with Gasteiger partial charge in [0.2, 0.25) is 0 Å². The van der Waals surface area contributed by atoms with E-state index in [2.05, 4.69) is 24.5 Å². The smallest absolute Gasteiger partial charge is 0.181 e. The second-order valence-corrected chi connectivity index (χ2v) is 11.5. The SMILES string of the molecule is CN=[S@]1(=O)C[C@@](CF)(c2cc(-c3cc(-c4ncc(Cl)cn4)no3)ccc2F)N=C(N)C1(C)C. The molecule has 0 saturated carbocycles. The molecule has 1 aliphatic heterocycles. The number of hydrogen-bond donors (Lipinski definition) is 1. The van der Waals surface area contributed by atoms with E-state index in [1.165, 1.54) is 37.6 Å². The summed E-state index contributed by atoms with van der Waals surface area (Å²) in [6, 6.07) is 5.58. The Balaban J connectivity index is 1.82. The second kappa shape index (κ2) is 8.14. The number of nitrogens with zero attached hydrogens (tertiary/aromatic N) is 5. The first-order chi connectivity index (χ1) is 15.5. The summed E-state index contributed by atoms with van der Waals surface area (Å²) in [6.07, 6.45) is 2.84. The number of aromatic nitrogens is 3. The molecular weight excluding hydrogens is 474 g/mol. The van der Waals surface area contributed by atoms with Crippen LogP contribution in [0.15, 0.2) is 50.5 Å². The summed E-state index contributed by atoms with van der Waals surface area (Å²) >= 11 is 5.81. The number of nitrogens with two attached hydrogens (primary N) is 1. The Morgan fingerprint density at radius 2 is 1.97 bits per heavy atom. The number of benzene rings is 1. The van der Waals surface area contributed by atoms with Crippen molar-refractivity contribution in [2.45, 2.75) is 24.1 Å². The highest BCUT2D eigenvalue weighted by atomic mass is 35.5. The fraction of sp³-hybridized carbons (Fsp3) is 0.333. The van der Waals surface area contributed by atoms with E-state index in [9.17, 15) is 8.60 Å². The summed E-state index contributed by atoms with van der Waals surface area (Å²) < 4.78 is 51.4. The number of hydrogen-bond acceptors (Lipinski definition) is 8. The number of rotatable bonds is 4. The molecule has 1 aliphatic rings. The van der Waals surface area contributed by atoms with Crippen molar-refractivity contribution in [3.05, 3.63) is 53.1 Å². The molecule has 4 rings (SSSR count). The maximum atomic E-state index is 15.0. The van der Waals surface area contributed by atoms with Crippen LogP contribution in [0.25, 0.3) is 22.8 Å². The molecule has 33 heavy (non-hydrogen) atoms. The van der Waals surface area contributed by atoms with Gasteiger partial charge < -0.3 is 10.3 Å². The van der Waals surface area contributed by atoms with E-state index >= 15 is 4.39 Å². The first-order valence-electron chi connectivity index (χ1n) is 9.84. The van der Waals surface area contributed by atoms with Gasteiger partial charge in [-0.15, -0.1) is 0 Å². The average Bonchev–Trinajstić information content (AvgIpc) is 3.28. The van der Waals surface area contributed by atoms with Crippen LogP contribution in [0.5, 0.6) is 0 Å². The van der Waals surface area contributed by atoms with Crippen LogP contribution < -0.4 is 5.73 Å². The lowest BCUT2D eigenvalue weighted by molar-refractivity contribution is 0.326. The van der Waals surface area contributed by atoms with E-state index in [0.29, 0.717) is 16.3 Å². The molecule has 2 atom stereocenters. The molecule has 3 heterocycles. The average molecular weight is 495 g/mol. The third-order valence-electron chi connectivity index (χ3n) is 5.81. The van der Waals surface area contributed by atoms with Gasteiger partial charge in [0.25, 0.3) is 0 Å². The molecule has 0 unspecified atom stereocenters. The van der Waals surface area contributed by atoms with Crippen LogP contribution in [0.2, 0.25) is 5.02 Å². The molecule has 174 valence electrons. The fourth-order valence-corrected chi connectivity index (χ4v) is 5.99. The van der Waals surface area contributed by atoms with Gasteiger partial charge in [-0.25, -0.2) is 27.3 Å². The molecule has 0 aliphatic carbocycles. The molecule has 1 aromatic carbocycles. The van der Waals surface area contributed by atoms with Crippen molar-refractivity contribution >= 4 is 27.2 Å². The molecule has 2 aromatic heterocycles. The summed E-state index contributed by atoms with van der Waals surface area (Å²) in [6.45, 7) is 2.15. The minimum absolute atomic E-state index is 0.0476. The predicted octanol–water partition coefficient (Wildman–Crippen LogP) is 4.00. The Morgan fingerprint density at radius 3 is 2.61 bits per heavy atom. The van der Waals surface area contributed by atoms with Crippen LogP contribution >= 0.6 is 11.6 Å². The molecule has 0 amide bonds. The Bertz CT molecular complexity index is 1370. The number of aliphatic imine (C=N–C) groups is 1.